The first kappa shape index (κ1) is 34.5. The fourth-order valence-electron chi connectivity index (χ4n) is 7.98. The highest BCUT2D eigenvalue weighted by atomic mass is 19.1. The smallest absolute Gasteiger partial charge is 0.338 e. The number of nitrogens with zero attached hydrogens (tertiary/aromatic N) is 5. The number of rotatable bonds is 8. The summed E-state index contributed by atoms with van der Waals surface area (Å²) in [5.41, 5.74) is 3.58. The summed E-state index contributed by atoms with van der Waals surface area (Å²) >= 11 is 0. The highest BCUT2D eigenvalue weighted by Crippen LogP contribution is 2.44. The number of hydrogen-bond donors (Lipinski definition) is 1. The van der Waals surface area contributed by atoms with E-state index in [0.717, 1.165) is 49.1 Å². The minimum Gasteiger partial charge on any atom is -0.494 e. The molecule has 2 aromatic heterocycles. The lowest BCUT2D eigenvalue weighted by Crippen LogP contribution is -2.44. The molecule has 9 nitrogen and oxygen atoms in total. The van der Waals surface area contributed by atoms with E-state index in [1.807, 2.05) is 66.5 Å². The van der Waals surface area contributed by atoms with Gasteiger partial charge >= 0.3 is 5.69 Å². The number of aromatic nitrogens is 3. The molecule has 7 aromatic rings. The fraction of sp³-hybridized carbons (Fsp3) is 0.182. The summed E-state index contributed by atoms with van der Waals surface area (Å²) < 4.78 is 18.7. The number of carbonyl (C=O) groups excluding carboxylic acids is 1. The van der Waals surface area contributed by atoms with Crippen LogP contribution in [-0.4, -0.2) is 48.4 Å². The van der Waals surface area contributed by atoms with Crippen LogP contribution in [0, 0.1) is 5.82 Å². The number of carbonyl (C=O) groups is 1. The standard InChI is InChI=1S/C44H38FN5O4/c1-27(39-42(52)48(3)44(54)50(43(39)53)38-20-12-10-18-35(38)45)46-26-34-30-15-7-8-17-32(30)41(51)49(24-23-28-13-5-4-6-14-28)40(34)29-21-22-37-33(25-29)31-16-9-11-19-36(31)47(37)2/h4-22,25,34,40,52H,23-24,26H2,1-3H3/t34-,40+/m0/s1. The van der Waals surface area contributed by atoms with Crippen molar-refractivity contribution in [2.45, 2.75) is 25.3 Å². The Hall–Kier alpha value is -6.55. The Kier molecular flexibility index (Phi) is 8.81. The van der Waals surface area contributed by atoms with Crippen molar-refractivity contribution in [3.63, 3.8) is 0 Å². The number of para-hydroxylation sites is 2. The van der Waals surface area contributed by atoms with E-state index in [9.17, 15) is 23.9 Å². The van der Waals surface area contributed by atoms with Crippen molar-refractivity contribution in [1.82, 2.24) is 18.6 Å². The second-order valence-electron chi connectivity index (χ2n) is 13.8. The molecule has 0 aliphatic carbocycles. The van der Waals surface area contributed by atoms with Gasteiger partial charge in [-0.1, -0.05) is 84.9 Å². The van der Waals surface area contributed by atoms with Gasteiger partial charge in [0.2, 0.25) is 5.88 Å². The minimum absolute atomic E-state index is 0.0787. The number of halogens is 1. The van der Waals surface area contributed by atoms with Crippen molar-refractivity contribution < 1.29 is 14.3 Å². The number of hydrogen-bond acceptors (Lipinski definition) is 5. The molecule has 10 heteroatoms. The van der Waals surface area contributed by atoms with Crippen LogP contribution in [0.25, 0.3) is 27.5 Å². The van der Waals surface area contributed by atoms with E-state index in [0.29, 0.717) is 23.1 Å². The maximum Gasteiger partial charge on any atom is 0.338 e. The van der Waals surface area contributed by atoms with Crippen LogP contribution in [0.4, 0.5) is 4.39 Å². The van der Waals surface area contributed by atoms with Crippen molar-refractivity contribution in [2.24, 2.45) is 19.1 Å². The summed E-state index contributed by atoms with van der Waals surface area (Å²) in [5, 5.41) is 13.3. The van der Waals surface area contributed by atoms with E-state index in [-0.39, 0.29) is 35.3 Å². The monoisotopic (exact) mass is 719 g/mol. The van der Waals surface area contributed by atoms with Crippen LogP contribution in [0.2, 0.25) is 0 Å². The third-order valence-electron chi connectivity index (χ3n) is 10.7. The van der Waals surface area contributed by atoms with E-state index in [4.69, 9.17) is 4.99 Å². The van der Waals surface area contributed by atoms with Crippen LogP contribution < -0.4 is 11.2 Å². The molecule has 1 aliphatic rings. The predicted molar refractivity (Wildman–Crippen MR) is 210 cm³/mol. The first-order valence-electron chi connectivity index (χ1n) is 17.9. The van der Waals surface area contributed by atoms with Crippen LogP contribution in [0.5, 0.6) is 5.88 Å². The molecule has 0 saturated heterocycles. The zero-order valence-corrected chi connectivity index (χ0v) is 30.1. The number of aromatic hydroxyl groups is 1. The van der Waals surface area contributed by atoms with Gasteiger partial charge < -0.3 is 14.6 Å². The number of aryl methyl sites for hydroxylation is 1. The predicted octanol–water partition coefficient (Wildman–Crippen LogP) is 7.06. The quantitative estimate of drug-likeness (QED) is 0.170. The van der Waals surface area contributed by atoms with Crippen molar-refractivity contribution in [1.29, 1.82) is 0 Å². The molecule has 1 amide bonds. The average Bonchev–Trinajstić information content (AvgIpc) is 3.48. The molecular weight excluding hydrogens is 682 g/mol. The number of amides is 1. The lowest BCUT2D eigenvalue weighted by Gasteiger charge is -2.42. The van der Waals surface area contributed by atoms with Crippen molar-refractivity contribution in [3.05, 3.63) is 176 Å². The van der Waals surface area contributed by atoms with Gasteiger partial charge in [-0.3, -0.25) is 19.1 Å². The van der Waals surface area contributed by atoms with Crippen LogP contribution in [0.1, 0.15) is 51.5 Å². The average molecular weight is 720 g/mol. The summed E-state index contributed by atoms with van der Waals surface area (Å²) in [7, 11) is 3.37. The molecule has 0 radical (unpaired) electrons. The third kappa shape index (κ3) is 5.71. The Bertz CT molecular complexity index is 2750. The number of fused-ring (bicyclic) bond motifs is 4. The molecule has 0 unspecified atom stereocenters. The summed E-state index contributed by atoms with van der Waals surface area (Å²) in [6.07, 6.45) is 0.637. The van der Waals surface area contributed by atoms with Gasteiger partial charge in [-0.15, -0.1) is 0 Å². The van der Waals surface area contributed by atoms with Gasteiger partial charge in [0, 0.05) is 66.2 Å². The summed E-state index contributed by atoms with van der Waals surface area (Å²) in [4.78, 5) is 48.5. The highest BCUT2D eigenvalue weighted by molar-refractivity contribution is 6.08. The maximum absolute atomic E-state index is 14.9. The lowest BCUT2D eigenvalue weighted by molar-refractivity contribution is 0.0614. The molecule has 5 aromatic carbocycles. The molecule has 0 saturated carbocycles. The second kappa shape index (κ2) is 13.8. The van der Waals surface area contributed by atoms with Gasteiger partial charge in [0.15, 0.2) is 0 Å². The number of aliphatic imine (C=N–C) groups is 1. The van der Waals surface area contributed by atoms with Crippen LogP contribution in [0.15, 0.2) is 136 Å². The molecule has 2 atom stereocenters. The SMILES string of the molecule is CC(=NC[C@H]1c2ccccc2C(=O)N(CCc2ccccc2)[C@@H]1c1ccc2c(c1)c1ccccc1n2C)c1c(O)n(C)c(=O)n(-c2ccccc2F)c1=O. The lowest BCUT2D eigenvalue weighted by atomic mass is 9.79. The molecule has 3 heterocycles. The van der Waals surface area contributed by atoms with Gasteiger partial charge in [0.1, 0.15) is 11.4 Å². The first-order valence-corrected chi connectivity index (χ1v) is 17.9. The molecule has 1 aliphatic heterocycles. The van der Waals surface area contributed by atoms with Crippen molar-refractivity contribution >= 4 is 33.4 Å². The molecule has 270 valence electrons. The zero-order chi connectivity index (χ0) is 37.7. The van der Waals surface area contributed by atoms with E-state index in [2.05, 4.69) is 47.0 Å². The van der Waals surface area contributed by atoms with E-state index in [1.54, 1.807) is 6.92 Å². The van der Waals surface area contributed by atoms with Gasteiger partial charge in [-0.25, -0.2) is 13.8 Å². The summed E-state index contributed by atoms with van der Waals surface area (Å²) in [6, 6.07) is 37.3. The Balaban J connectivity index is 1.28. The van der Waals surface area contributed by atoms with Crippen LogP contribution >= 0.6 is 0 Å². The maximum atomic E-state index is 14.9. The van der Waals surface area contributed by atoms with E-state index in [1.165, 1.54) is 25.2 Å². The Morgan fingerprint density at radius 1 is 0.778 bits per heavy atom. The molecule has 0 spiro atoms. The van der Waals surface area contributed by atoms with Crippen LogP contribution in [-0.2, 0) is 20.5 Å². The van der Waals surface area contributed by atoms with Gasteiger partial charge in [-0.05, 0) is 66.4 Å². The summed E-state index contributed by atoms with van der Waals surface area (Å²) in [5.74, 6) is -1.76. The minimum atomic E-state index is -0.892. The fourth-order valence-corrected chi connectivity index (χ4v) is 7.98. The molecule has 8 rings (SSSR count). The molecule has 0 fully saturated rings. The summed E-state index contributed by atoms with van der Waals surface area (Å²) in [6.45, 7) is 2.18. The van der Waals surface area contributed by atoms with E-state index >= 15 is 0 Å². The normalized spacial score (nSPS) is 16.0. The Morgan fingerprint density at radius 2 is 1.46 bits per heavy atom. The third-order valence-corrected chi connectivity index (χ3v) is 10.7. The molecule has 0 bridgehead atoms. The molecular formula is C44H38FN5O4. The second-order valence-corrected chi connectivity index (χ2v) is 13.8. The number of benzene rings is 5. The van der Waals surface area contributed by atoms with Gasteiger partial charge in [0.05, 0.1) is 11.7 Å². The topological polar surface area (TPSA) is 102 Å². The van der Waals surface area contributed by atoms with Gasteiger partial charge in [0.25, 0.3) is 11.5 Å². The van der Waals surface area contributed by atoms with E-state index < -0.39 is 29.0 Å². The largest absolute Gasteiger partial charge is 0.494 e. The van der Waals surface area contributed by atoms with Crippen molar-refractivity contribution in [2.75, 3.05) is 13.1 Å². The van der Waals surface area contributed by atoms with Gasteiger partial charge in [-0.2, -0.15) is 0 Å². The molecule has 54 heavy (non-hydrogen) atoms. The Morgan fingerprint density at radius 3 is 2.26 bits per heavy atom. The highest BCUT2D eigenvalue weighted by Gasteiger charge is 2.40. The first-order chi connectivity index (χ1) is 26.2. The molecule has 1 N–H and O–H groups in total. The van der Waals surface area contributed by atoms with Crippen molar-refractivity contribution in [3.8, 4) is 11.6 Å². The zero-order valence-electron chi connectivity index (χ0n) is 30.1. The Labute approximate surface area is 310 Å². The van der Waals surface area contributed by atoms with Crippen LogP contribution in [0.3, 0.4) is 0 Å².